The molecule has 0 radical (unpaired) electrons. The van der Waals surface area contributed by atoms with Gasteiger partial charge in [0.2, 0.25) is 0 Å². The standard InChI is InChI=1S/C12H8FN3O.ClH/c13-8-5-10(9-7-15-17-11(9)6-8)16-12-3-1-2-4-14-12;/h1-7H,(H,14,16);1H. The average molecular weight is 266 g/mol. The first-order valence-electron chi connectivity index (χ1n) is 5.05. The normalized spacial score (nSPS) is 10.1. The van der Waals surface area contributed by atoms with Crippen molar-refractivity contribution in [1.82, 2.24) is 10.1 Å². The van der Waals surface area contributed by atoms with E-state index < -0.39 is 0 Å². The van der Waals surface area contributed by atoms with Gasteiger partial charge in [-0.05, 0) is 18.2 Å². The number of hydrogen-bond acceptors (Lipinski definition) is 4. The molecule has 0 amide bonds. The lowest BCUT2D eigenvalue weighted by atomic mass is 10.2. The molecule has 0 aliphatic heterocycles. The monoisotopic (exact) mass is 265 g/mol. The number of hydrogen-bond donors (Lipinski definition) is 1. The molecule has 0 fully saturated rings. The Morgan fingerprint density at radius 3 is 2.89 bits per heavy atom. The van der Waals surface area contributed by atoms with Crippen LogP contribution in [-0.4, -0.2) is 10.1 Å². The third-order valence-electron chi connectivity index (χ3n) is 2.37. The summed E-state index contributed by atoms with van der Waals surface area (Å²) >= 11 is 0. The zero-order chi connectivity index (χ0) is 11.7. The number of nitrogens with one attached hydrogen (secondary N) is 1. The van der Waals surface area contributed by atoms with E-state index in [1.54, 1.807) is 18.5 Å². The number of rotatable bonds is 2. The van der Waals surface area contributed by atoms with Gasteiger partial charge in [-0.3, -0.25) is 0 Å². The maximum absolute atomic E-state index is 13.3. The lowest BCUT2D eigenvalue weighted by Crippen LogP contribution is -1.93. The van der Waals surface area contributed by atoms with Crippen molar-refractivity contribution in [3.8, 4) is 0 Å². The Morgan fingerprint density at radius 2 is 2.11 bits per heavy atom. The highest BCUT2D eigenvalue weighted by Crippen LogP contribution is 2.26. The van der Waals surface area contributed by atoms with Crippen molar-refractivity contribution in [1.29, 1.82) is 0 Å². The molecule has 0 unspecified atom stereocenters. The molecule has 2 aromatic heterocycles. The minimum Gasteiger partial charge on any atom is -0.356 e. The summed E-state index contributed by atoms with van der Waals surface area (Å²) < 4.78 is 18.3. The van der Waals surface area contributed by atoms with E-state index in [0.29, 0.717) is 17.1 Å². The Morgan fingerprint density at radius 1 is 1.22 bits per heavy atom. The molecule has 6 heteroatoms. The van der Waals surface area contributed by atoms with Gasteiger partial charge in [-0.1, -0.05) is 11.2 Å². The zero-order valence-corrected chi connectivity index (χ0v) is 9.95. The predicted octanol–water partition coefficient (Wildman–Crippen LogP) is 3.53. The van der Waals surface area contributed by atoms with Gasteiger partial charge in [0.05, 0.1) is 17.3 Å². The van der Waals surface area contributed by atoms with Crippen molar-refractivity contribution >= 4 is 34.9 Å². The summed E-state index contributed by atoms with van der Waals surface area (Å²) in [5, 5.41) is 7.38. The molecule has 3 rings (SSSR count). The fourth-order valence-electron chi connectivity index (χ4n) is 1.62. The molecule has 4 nitrogen and oxygen atoms in total. The van der Waals surface area contributed by atoms with Crippen LogP contribution in [0.3, 0.4) is 0 Å². The summed E-state index contributed by atoms with van der Waals surface area (Å²) in [4.78, 5) is 4.11. The number of benzene rings is 1. The molecule has 0 spiro atoms. The van der Waals surface area contributed by atoms with Gasteiger partial charge >= 0.3 is 0 Å². The quantitative estimate of drug-likeness (QED) is 0.770. The number of anilines is 2. The molecule has 0 atom stereocenters. The van der Waals surface area contributed by atoms with Gasteiger partial charge in [-0.25, -0.2) is 9.37 Å². The van der Waals surface area contributed by atoms with Gasteiger partial charge < -0.3 is 9.84 Å². The molecule has 92 valence electrons. The number of nitrogens with zero attached hydrogens (tertiary/aromatic N) is 2. The van der Waals surface area contributed by atoms with E-state index in [4.69, 9.17) is 4.52 Å². The second-order valence-electron chi connectivity index (χ2n) is 3.53. The van der Waals surface area contributed by atoms with Crippen LogP contribution in [0.2, 0.25) is 0 Å². The highest BCUT2D eigenvalue weighted by atomic mass is 35.5. The molecular weight excluding hydrogens is 257 g/mol. The van der Waals surface area contributed by atoms with Crippen LogP contribution >= 0.6 is 12.4 Å². The van der Waals surface area contributed by atoms with Crippen LogP contribution in [0.5, 0.6) is 0 Å². The highest BCUT2D eigenvalue weighted by Gasteiger charge is 2.08. The van der Waals surface area contributed by atoms with Crippen molar-refractivity contribution in [2.75, 3.05) is 5.32 Å². The Hall–Kier alpha value is -2.14. The largest absolute Gasteiger partial charge is 0.356 e. The first kappa shape index (κ1) is 12.3. The van der Waals surface area contributed by atoms with Gasteiger partial charge in [-0.15, -0.1) is 12.4 Å². The molecular formula is C12H9ClFN3O. The molecule has 0 aliphatic carbocycles. The van der Waals surface area contributed by atoms with E-state index in [1.165, 1.54) is 12.1 Å². The summed E-state index contributed by atoms with van der Waals surface area (Å²) in [6, 6.07) is 8.13. The number of pyridine rings is 1. The van der Waals surface area contributed by atoms with Crippen LogP contribution in [0.25, 0.3) is 11.0 Å². The average Bonchev–Trinajstić information content (AvgIpc) is 2.78. The van der Waals surface area contributed by atoms with Crippen molar-refractivity contribution in [2.24, 2.45) is 0 Å². The van der Waals surface area contributed by atoms with Gasteiger partial charge in [0.25, 0.3) is 0 Å². The van der Waals surface area contributed by atoms with Crippen molar-refractivity contribution < 1.29 is 8.91 Å². The SMILES string of the molecule is Cl.Fc1cc(Nc2ccccn2)c2cnoc2c1. The summed E-state index contributed by atoms with van der Waals surface area (Å²) in [6.07, 6.45) is 3.20. The topological polar surface area (TPSA) is 51.0 Å². The van der Waals surface area contributed by atoms with E-state index in [9.17, 15) is 4.39 Å². The molecule has 1 aromatic carbocycles. The number of aromatic nitrogens is 2. The Bertz CT molecular complexity index is 657. The van der Waals surface area contributed by atoms with Crippen molar-refractivity contribution in [3.05, 3.63) is 48.5 Å². The molecule has 3 aromatic rings. The summed E-state index contributed by atoms with van der Waals surface area (Å²) in [6.45, 7) is 0. The predicted molar refractivity (Wildman–Crippen MR) is 68.7 cm³/mol. The molecule has 18 heavy (non-hydrogen) atoms. The van der Waals surface area contributed by atoms with Crippen LogP contribution in [0, 0.1) is 5.82 Å². The zero-order valence-electron chi connectivity index (χ0n) is 9.13. The van der Waals surface area contributed by atoms with Gasteiger partial charge in [0.15, 0.2) is 5.58 Å². The van der Waals surface area contributed by atoms with Crippen LogP contribution in [0.4, 0.5) is 15.9 Å². The van der Waals surface area contributed by atoms with E-state index >= 15 is 0 Å². The molecule has 1 N–H and O–H groups in total. The molecule has 2 heterocycles. The maximum atomic E-state index is 13.3. The fraction of sp³-hybridized carbons (Fsp3) is 0. The van der Waals surface area contributed by atoms with Crippen LogP contribution in [-0.2, 0) is 0 Å². The third-order valence-corrected chi connectivity index (χ3v) is 2.37. The van der Waals surface area contributed by atoms with Crippen molar-refractivity contribution in [2.45, 2.75) is 0 Å². The lowest BCUT2D eigenvalue weighted by Gasteiger charge is -2.05. The summed E-state index contributed by atoms with van der Waals surface area (Å²) in [5.41, 5.74) is 0.989. The van der Waals surface area contributed by atoms with E-state index in [0.717, 1.165) is 5.39 Å². The number of halogens is 2. The fourth-order valence-corrected chi connectivity index (χ4v) is 1.62. The van der Waals surface area contributed by atoms with E-state index in [1.807, 2.05) is 12.1 Å². The van der Waals surface area contributed by atoms with Crippen LogP contribution < -0.4 is 5.32 Å². The molecule has 0 bridgehead atoms. The minimum atomic E-state index is -0.382. The van der Waals surface area contributed by atoms with Gasteiger partial charge in [-0.2, -0.15) is 0 Å². The highest BCUT2D eigenvalue weighted by molar-refractivity contribution is 5.91. The Balaban J connectivity index is 0.00000120. The van der Waals surface area contributed by atoms with E-state index in [-0.39, 0.29) is 18.2 Å². The Labute approximate surface area is 108 Å². The maximum Gasteiger partial charge on any atom is 0.171 e. The third kappa shape index (κ3) is 2.26. The molecule has 0 saturated carbocycles. The van der Waals surface area contributed by atoms with Crippen molar-refractivity contribution in [3.63, 3.8) is 0 Å². The smallest absolute Gasteiger partial charge is 0.171 e. The molecule has 0 aliphatic rings. The van der Waals surface area contributed by atoms with Crippen LogP contribution in [0.15, 0.2) is 47.2 Å². The summed E-state index contributed by atoms with van der Waals surface area (Å²) in [5.74, 6) is 0.258. The second-order valence-corrected chi connectivity index (χ2v) is 3.53. The first-order chi connectivity index (χ1) is 8.33. The number of fused-ring (bicyclic) bond motifs is 1. The van der Waals surface area contributed by atoms with E-state index in [2.05, 4.69) is 15.5 Å². The van der Waals surface area contributed by atoms with Gasteiger partial charge in [0.1, 0.15) is 11.6 Å². The minimum absolute atomic E-state index is 0. The lowest BCUT2D eigenvalue weighted by molar-refractivity contribution is 0.454. The second kappa shape index (κ2) is 5.01. The van der Waals surface area contributed by atoms with Crippen LogP contribution in [0.1, 0.15) is 0 Å². The Kier molecular flexibility index (Phi) is 3.43. The van der Waals surface area contributed by atoms with Gasteiger partial charge in [0, 0.05) is 12.3 Å². The first-order valence-corrected chi connectivity index (χ1v) is 5.05. The summed E-state index contributed by atoms with van der Waals surface area (Å²) in [7, 11) is 0. The molecule has 0 saturated heterocycles.